The van der Waals surface area contributed by atoms with Crippen LogP contribution in [-0.4, -0.2) is 30.5 Å². The monoisotopic (exact) mass is 329 g/mol. The van der Waals surface area contributed by atoms with Crippen molar-refractivity contribution in [2.75, 3.05) is 18.7 Å². The molecule has 0 saturated heterocycles. The Labute approximate surface area is 139 Å². The Hall–Kier alpha value is -1.98. The van der Waals surface area contributed by atoms with Crippen LogP contribution >= 0.6 is 11.8 Å². The van der Waals surface area contributed by atoms with E-state index in [2.05, 4.69) is 11.4 Å². The highest BCUT2D eigenvalue weighted by Gasteiger charge is 2.32. The van der Waals surface area contributed by atoms with Gasteiger partial charge in [-0.25, -0.2) is 0 Å². The fraction of sp³-hybridized carbons (Fsp3) is 0.278. The quantitative estimate of drug-likeness (QED) is 0.850. The topological polar surface area (TPSA) is 58.6 Å². The summed E-state index contributed by atoms with van der Waals surface area (Å²) in [5, 5.41) is 13.3. The maximum absolute atomic E-state index is 12.2. The highest BCUT2D eigenvalue weighted by Crippen LogP contribution is 2.34. The molecule has 0 spiro atoms. The van der Waals surface area contributed by atoms with Gasteiger partial charge >= 0.3 is 0 Å². The first-order chi connectivity index (χ1) is 11.1. The molecule has 1 aliphatic rings. The van der Waals surface area contributed by atoms with Crippen LogP contribution in [0.3, 0.4) is 0 Å². The van der Waals surface area contributed by atoms with E-state index in [1.165, 1.54) is 0 Å². The van der Waals surface area contributed by atoms with Crippen LogP contribution in [0.2, 0.25) is 0 Å². The molecule has 120 valence electrons. The summed E-state index contributed by atoms with van der Waals surface area (Å²) in [4.78, 5) is 13.4. The van der Waals surface area contributed by atoms with Crippen molar-refractivity contribution in [2.45, 2.75) is 23.3 Å². The summed E-state index contributed by atoms with van der Waals surface area (Å²) in [5.41, 5.74) is 2.75. The number of aliphatic hydroxyl groups is 1. The second-order valence-corrected chi connectivity index (χ2v) is 6.42. The lowest BCUT2D eigenvalue weighted by atomic mass is 9.88. The predicted octanol–water partition coefficient (Wildman–Crippen LogP) is 3.06. The van der Waals surface area contributed by atoms with Gasteiger partial charge < -0.3 is 15.2 Å². The Bertz CT molecular complexity index is 715. The van der Waals surface area contributed by atoms with Gasteiger partial charge in [-0.1, -0.05) is 12.1 Å². The van der Waals surface area contributed by atoms with Crippen molar-refractivity contribution in [2.24, 2.45) is 0 Å². The molecule has 1 aliphatic heterocycles. The first kappa shape index (κ1) is 15.9. The zero-order valence-electron chi connectivity index (χ0n) is 13.1. The van der Waals surface area contributed by atoms with E-state index in [1.807, 2.05) is 42.7 Å². The van der Waals surface area contributed by atoms with Crippen molar-refractivity contribution >= 4 is 23.4 Å². The zero-order chi connectivity index (χ0) is 16.4. The van der Waals surface area contributed by atoms with E-state index >= 15 is 0 Å². The van der Waals surface area contributed by atoms with Gasteiger partial charge in [0.05, 0.1) is 7.11 Å². The van der Waals surface area contributed by atoms with E-state index in [1.54, 1.807) is 18.9 Å². The molecular weight excluding hydrogens is 310 g/mol. The van der Waals surface area contributed by atoms with Crippen LogP contribution in [-0.2, 0) is 11.2 Å². The van der Waals surface area contributed by atoms with E-state index in [9.17, 15) is 9.90 Å². The molecule has 0 saturated carbocycles. The largest absolute Gasteiger partial charge is 0.497 e. The van der Waals surface area contributed by atoms with Gasteiger partial charge in [-0.2, -0.15) is 0 Å². The van der Waals surface area contributed by atoms with Crippen molar-refractivity contribution in [3.8, 4) is 5.75 Å². The van der Waals surface area contributed by atoms with Crippen LogP contribution in [0.5, 0.6) is 5.75 Å². The number of carbonyl (C=O) groups is 1. The number of methoxy groups -OCH3 is 1. The first-order valence-corrected chi connectivity index (χ1v) is 8.64. The lowest BCUT2D eigenvalue weighted by Gasteiger charge is -2.19. The number of aliphatic hydroxyl groups excluding tert-OH is 1. The molecule has 1 heterocycles. The van der Waals surface area contributed by atoms with Crippen LogP contribution < -0.4 is 10.1 Å². The summed E-state index contributed by atoms with van der Waals surface area (Å²) >= 11 is 1.66. The van der Waals surface area contributed by atoms with E-state index in [0.29, 0.717) is 6.42 Å². The summed E-state index contributed by atoms with van der Waals surface area (Å²) in [7, 11) is 1.61. The number of thioether (sulfide) groups is 1. The fourth-order valence-corrected chi connectivity index (χ4v) is 3.34. The van der Waals surface area contributed by atoms with Gasteiger partial charge in [0, 0.05) is 16.5 Å². The Kier molecular flexibility index (Phi) is 4.59. The Morgan fingerprint density at radius 1 is 1.22 bits per heavy atom. The number of benzene rings is 2. The van der Waals surface area contributed by atoms with Crippen molar-refractivity contribution in [1.82, 2.24) is 0 Å². The maximum atomic E-state index is 12.2. The number of hydrogen-bond donors (Lipinski definition) is 2. The average Bonchev–Trinajstić information content (AvgIpc) is 2.71. The van der Waals surface area contributed by atoms with Crippen molar-refractivity contribution < 1.29 is 14.6 Å². The molecule has 2 aromatic rings. The van der Waals surface area contributed by atoms with E-state index in [0.717, 1.165) is 27.5 Å². The van der Waals surface area contributed by atoms with Crippen molar-refractivity contribution in [3.05, 3.63) is 53.6 Å². The molecule has 2 atom stereocenters. The van der Waals surface area contributed by atoms with Gasteiger partial charge in [0.1, 0.15) is 11.9 Å². The van der Waals surface area contributed by atoms with Gasteiger partial charge in [-0.05, 0) is 54.1 Å². The molecule has 0 fully saturated rings. The summed E-state index contributed by atoms with van der Waals surface area (Å²) in [6.07, 6.45) is 1.55. The molecule has 0 radical (unpaired) electrons. The highest BCUT2D eigenvalue weighted by molar-refractivity contribution is 7.98. The first-order valence-electron chi connectivity index (χ1n) is 7.42. The standard InChI is InChI=1S/C18H19NO3S/c1-22-13-5-3-11(4-6-13)15-10-12-9-14(23-2)7-8-16(12)19-18(21)17(15)20/h3-9,15,17,20H,10H2,1-2H3,(H,19,21)/t15-,17+/m1/s1. The fourth-order valence-electron chi connectivity index (χ4n) is 2.88. The van der Waals surface area contributed by atoms with E-state index in [-0.39, 0.29) is 11.8 Å². The van der Waals surface area contributed by atoms with E-state index in [4.69, 9.17) is 4.74 Å². The summed E-state index contributed by atoms with van der Waals surface area (Å²) in [6.45, 7) is 0. The summed E-state index contributed by atoms with van der Waals surface area (Å²) < 4.78 is 5.17. The molecule has 2 N–H and O–H groups in total. The minimum Gasteiger partial charge on any atom is -0.497 e. The molecule has 2 aromatic carbocycles. The molecule has 0 bridgehead atoms. The van der Waals surface area contributed by atoms with Crippen molar-refractivity contribution in [3.63, 3.8) is 0 Å². The number of amides is 1. The molecule has 23 heavy (non-hydrogen) atoms. The van der Waals surface area contributed by atoms with Crippen LogP contribution in [0.1, 0.15) is 17.0 Å². The summed E-state index contributed by atoms with van der Waals surface area (Å²) in [5.74, 6) is 0.118. The molecule has 0 unspecified atom stereocenters. The predicted molar refractivity (Wildman–Crippen MR) is 92.3 cm³/mol. The number of anilines is 1. The molecule has 5 heteroatoms. The lowest BCUT2D eigenvalue weighted by molar-refractivity contribution is -0.124. The molecule has 0 aliphatic carbocycles. The van der Waals surface area contributed by atoms with Gasteiger partial charge in [0.25, 0.3) is 5.91 Å². The van der Waals surface area contributed by atoms with Crippen molar-refractivity contribution in [1.29, 1.82) is 0 Å². The van der Waals surface area contributed by atoms with Crippen LogP contribution in [0, 0.1) is 0 Å². The number of carbonyl (C=O) groups excluding carboxylic acids is 1. The number of ether oxygens (including phenoxy) is 1. The minimum absolute atomic E-state index is 0.278. The molecule has 3 rings (SSSR count). The smallest absolute Gasteiger partial charge is 0.253 e. The zero-order valence-corrected chi connectivity index (χ0v) is 13.9. The van der Waals surface area contributed by atoms with Crippen LogP contribution in [0.25, 0.3) is 0 Å². The Morgan fingerprint density at radius 2 is 1.96 bits per heavy atom. The van der Waals surface area contributed by atoms with Crippen LogP contribution in [0.15, 0.2) is 47.4 Å². The molecule has 1 amide bonds. The molecule has 4 nitrogen and oxygen atoms in total. The number of rotatable bonds is 3. The Balaban J connectivity index is 1.99. The second-order valence-electron chi connectivity index (χ2n) is 5.54. The average molecular weight is 329 g/mol. The molecule has 0 aromatic heterocycles. The Morgan fingerprint density at radius 3 is 2.61 bits per heavy atom. The third-order valence-electron chi connectivity index (χ3n) is 4.20. The number of nitrogens with one attached hydrogen (secondary N) is 1. The number of fused-ring (bicyclic) bond motifs is 1. The SMILES string of the molecule is COc1ccc([C@H]2Cc3cc(SC)ccc3NC(=O)[C@H]2O)cc1. The van der Waals surface area contributed by atoms with E-state index < -0.39 is 6.10 Å². The van der Waals surface area contributed by atoms with Gasteiger partial charge in [-0.3, -0.25) is 4.79 Å². The van der Waals surface area contributed by atoms with Crippen LogP contribution in [0.4, 0.5) is 5.69 Å². The lowest BCUT2D eigenvalue weighted by Crippen LogP contribution is -2.31. The minimum atomic E-state index is -1.08. The highest BCUT2D eigenvalue weighted by atomic mass is 32.2. The van der Waals surface area contributed by atoms with Gasteiger partial charge in [-0.15, -0.1) is 11.8 Å². The van der Waals surface area contributed by atoms with Gasteiger partial charge in [0.2, 0.25) is 0 Å². The second kappa shape index (κ2) is 6.64. The number of hydrogen-bond acceptors (Lipinski definition) is 4. The van der Waals surface area contributed by atoms with Gasteiger partial charge in [0.15, 0.2) is 0 Å². The third-order valence-corrected chi connectivity index (χ3v) is 4.93. The summed E-state index contributed by atoms with van der Waals surface area (Å²) in [6, 6.07) is 13.5. The normalized spacial score (nSPS) is 20.4. The third kappa shape index (κ3) is 3.21. The maximum Gasteiger partial charge on any atom is 0.253 e. The molecular formula is C18H19NO3S.